The standard InChI is InChI=1S/C16H25NO2/c1-10(2)13(5)17-16(18)14(6)19-15-9-11(3)7-8-12(15)4/h7-10,13-14H,1-6H3,(H,17,18)/t13-,14-/m1/s1. The lowest BCUT2D eigenvalue weighted by Crippen LogP contribution is -2.43. The van der Waals surface area contributed by atoms with Crippen molar-refractivity contribution in [1.82, 2.24) is 5.32 Å². The number of carbonyl (C=O) groups is 1. The van der Waals surface area contributed by atoms with E-state index in [9.17, 15) is 4.79 Å². The van der Waals surface area contributed by atoms with Crippen molar-refractivity contribution in [3.63, 3.8) is 0 Å². The van der Waals surface area contributed by atoms with Gasteiger partial charge in [0.25, 0.3) is 5.91 Å². The van der Waals surface area contributed by atoms with Crippen molar-refractivity contribution in [1.29, 1.82) is 0 Å². The number of rotatable bonds is 5. The predicted octanol–water partition coefficient (Wildman–Crippen LogP) is 3.23. The molecule has 3 nitrogen and oxygen atoms in total. The van der Waals surface area contributed by atoms with Gasteiger partial charge in [0.15, 0.2) is 6.10 Å². The van der Waals surface area contributed by atoms with E-state index in [1.54, 1.807) is 6.92 Å². The van der Waals surface area contributed by atoms with Crippen LogP contribution in [-0.2, 0) is 4.79 Å². The smallest absolute Gasteiger partial charge is 0.260 e. The molecule has 1 aromatic rings. The molecule has 0 aliphatic carbocycles. The molecular weight excluding hydrogens is 238 g/mol. The molecule has 2 atom stereocenters. The minimum absolute atomic E-state index is 0.0675. The molecule has 0 aromatic heterocycles. The number of benzene rings is 1. The molecule has 0 saturated heterocycles. The average molecular weight is 263 g/mol. The monoisotopic (exact) mass is 263 g/mol. The van der Waals surface area contributed by atoms with E-state index in [0.29, 0.717) is 5.92 Å². The van der Waals surface area contributed by atoms with Crippen LogP contribution < -0.4 is 10.1 Å². The molecule has 1 amide bonds. The highest BCUT2D eigenvalue weighted by atomic mass is 16.5. The second-order valence-electron chi connectivity index (χ2n) is 5.57. The molecule has 1 rings (SSSR count). The molecule has 0 spiro atoms. The number of carbonyl (C=O) groups excluding carboxylic acids is 1. The lowest BCUT2D eigenvalue weighted by molar-refractivity contribution is -0.128. The molecule has 0 aliphatic rings. The molecule has 0 heterocycles. The quantitative estimate of drug-likeness (QED) is 0.885. The van der Waals surface area contributed by atoms with Gasteiger partial charge in [-0.1, -0.05) is 26.0 Å². The van der Waals surface area contributed by atoms with E-state index in [1.165, 1.54) is 0 Å². The van der Waals surface area contributed by atoms with Gasteiger partial charge in [0, 0.05) is 6.04 Å². The van der Waals surface area contributed by atoms with Crippen LogP contribution in [0.1, 0.15) is 38.8 Å². The highest BCUT2D eigenvalue weighted by Gasteiger charge is 2.18. The first-order chi connectivity index (χ1) is 8.81. The molecule has 106 valence electrons. The van der Waals surface area contributed by atoms with E-state index in [2.05, 4.69) is 19.2 Å². The van der Waals surface area contributed by atoms with Gasteiger partial charge in [-0.05, 0) is 50.8 Å². The summed E-state index contributed by atoms with van der Waals surface area (Å²) in [5.74, 6) is 1.12. The van der Waals surface area contributed by atoms with Crippen molar-refractivity contribution < 1.29 is 9.53 Å². The SMILES string of the molecule is Cc1ccc(C)c(O[C@H](C)C(=O)N[C@H](C)C(C)C)c1. The number of nitrogens with one attached hydrogen (secondary N) is 1. The second kappa shape index (κ2) is 6.60. The van der Waals surface area contributed by atoms with Gasteiger partial charge in [0.2, 0.25) is 0 Å². The Kier molecular flexibility index (Phi) is 5.40. The first-order valence-corrected chi connectivity index (χ1v) is 6.85. The maximum atomic E-state index is 12.0. The largest absolute Gasteiger partial charge is 0.481 e. The molecule has 0 aliphatic heterocycles. The minimum atomic E-state index is -0.485. The molecule has 0 radical (unpaired) electrons. The van der Waals surface area contributed by atoms with Crippen molar-refractivity contribution in [3.8, 4) is 5.75 Å². The molecule has 0 saturated carbocycles. The lowest BCUT2D eigenvalue weighted by Gasteiger charge is -2.21. The van der Waals surface area contributed by atoms with Gasteiger partial charge in [-0.2, -0.15) is 0 Å². The van der Waals surface area contributed by atoms with Crippen LogP contribution in [0.2, 0.25) is 0 Å². The molecule has 3 heteroatoms. The van der Waals surface area contributed by atoms with Crippen LogP contribution in [0.5, 0.6) is 5.75 Å². The van der Waals surface area contributed by atoms with Crippen molar-refractivity contribution in [3.05, 3.63) is 29.3 Å². The zero-order valence-electron chi connectivity index (χ0n) is 12.8. The van der Waals surface area contributed by atoms with E-state index in [0.717, 1.165) is 16.9 Å². The fraction of sp³-hybridized carbons (Fsp3) is 0.562. The highest BCUT2D eigenvalue weighted by molar-refractivity contribution is 5.81. The molecular formula is C16H25NO2. The highest BCUT2D eigenvalue weighted by Crippen LogP contribution is 2.20. The normalized spacial score (nSPS) is 14.1. The van der Waals surface area contributed by atoms with Crippen LogP contribution >= 0.6 is 0 Å². The summed E-state index contributed by atoms with van der Waals surface area (Å²) >= 11 is 0. The summed E-state index contributed by atoms with van der Waals surface area (Å²) in [5.41, 5.74) is 2.17. The van der Waals surface area contributed by atoms with Gasteiger partial charge in [0.05, 0.1) is 0 Å². The Morgan fingerprint density at radius 2 is 1.79 bits per heavy atom. The van der Waals surface area contributed by atoms with Crippen molar-refractivity contribution in [2.75, 3.05) is 0 Å². The van der Waals surface area contributed by atoms with Crippen LogP contribution in [-0.4, -0.2) is 18.1 Å². The van der Waals surface area contributed by atoms with Crippen molar-refractivity contribution in [2.45, 2.75) is 53.7 Å². The lowest BCUT2D eigenvalue weighted by atomic mass is 10.1. The maximum Gasteiger partial charge on any atom is 0.260 e. The minimum Gasteiger partial charge on any atom is -0.481 e. The van der Waals surface area contributed by atoms with Gasteiger partial charge in [0.1, 0.15) is 5.75 Å². The van der Waals surface area contributed by atoms with Crippen LogP contribution in [0.3, 0.4) is 0 Å². The van der Waals surface area contributed by atoms with E-state index < -0.39 is 6.10 Å². The summed E-state index contributed by atoms with van der Waals surface area (Å²) in [4.78, 5) is 12.0. The molecule has 0 bridgehead atoms. The molecule has 1 aromatic carbocycles. The van der Waals surface area contributed by atoms with Crippen LogP contribution in [0.4, 0.5) is 0 Å². The number of hydrogen-bond acceptors (Lipinski definition) is 2. The van der Waals surface area contributed by atoms with E-state index in [1.807, 2.05) is 39.0 Å². The van der Waals surface area contributed by atoms with Gasteiger partial charge in [-0.25, -0.2) is 0 Å². The fourth-order valence-corrected chi connectivity index (χ4v) is 1.59. The number of hydrogen-bond donors (Lipinski definition) is 1. The van der Waals surface area contributed by atoms with Gasteiger partial charge in [-0.15, -0.1) is 0 Å². The Labute approximate surface area is 116 Å². The van der Waals surface area contributed by atoms with Crippen molar-refractivity contribution >= 4 is 5.91 Å². The van der Waals surface area contributed by atoms with E-state index >= 15 is 0 Å². The molecule has 1 N–H and O–H groups in total. The van der Waals surface area contributed by atoms with Crippen LogP contribution in [0, 0.1) is 19.8 Å². The Morgan fingerprint density at radius 1 is 1.16 bits per heavy atom. The Bertz CT molecular complexity index is 440. The zero-order valence-corrected chi connectivity index (χ0v) is 12.8. The van der Waals surface area contributed by atoms with Crippen molar-refractivity contribution in [2.24, 2.45) is 5.92 Å². The van der Waals surface area contributed by atoms with Crippen LogP contribution in [0.15, 0.2) is 18.2 Å². The topological polar surface area (TPSA) is 38.3 Å². The number of aryl methyl sites for hydroxylation is 2. The van der Waals surface area contributed by atoms with E-state index in [-0.39, 0.29) is 11.9 Å². The van der Waals surface area contributed by atoms with Crippen LogP contribution in [0.25, 0.3) is 0 Å². The number of ether oxygens (including phenoxy) is 1. The fourth-order valence-electron chi connectivity index (χ4n) is 1.59. The Balaban J connectivity index is 2.66. The Morgan fingerprint density at radius 3 is 2.37 bits per heavy atom. The summed E-state index contributed by atoms with van der Waals surface area (Å²) in [6.07, 6.45) is -0.485. The zero-order chi connectivity index (χ0) is 14.6. The maximum absolute atomic E-state index is 12.0. The first kappa shape index (κ1) is 15.5. The third-order valence-electron chi connectivity index (χ3n) is 3.39. The summed E-state index contributed by atoms with van der Waals surface area (Å²) in [7, 11) is 0. The molecule has 0 fully saturated rings. The summed E-state index contributed by atoms with van der Waals surface area (Å²) in [5, 5.41) is 2.97. The number of amides is 1. The first-order valence-electron chi connectivity index (χ1n) is 6.85. The molecule has 0 unspecified atom stereocenters. The average Bonchev–Trinajstić information content (AvgIpc) is 2.33. The third-order valence-corrected chi connectivity index (χ3v) is 3.39. The van der Waals surface area contributed by atoms with Gasteiger partial charge < -0.3 is 10.1 Å². The third kappa shape index (κ3) is 4.58. The van der Waals surface area contributed by atoms with Gasteiger partial charge in [-0.3, -0.25) is 4.79 Å². The Hall–Kier alpha value is -1.51. The van der Waals surface area contributed by atoms with E-state index in [4.69, 9.17) is 4.74 Å². The summed E-state index contributed by atoms with van der Waals surface area (Å²) < 4.78 is 5.76. The summed E-state index contributed by atoms with van der Waals surface area (Å²) in [6, 6.07) is 6.15. The van der Waals surface area contributed by atoms with Gasteiger partial charge >= 0.3 is 0 Å². The second-order valence-corrected chi connectivity index (χ2v) is 5.57. The summed E-state index contributed by atoms with van der Waals surface area (Å²) in [6.45, 7) is 12.0. The predicted molar refractivity (Wildman–Crippen MR) is 78.4 cm³/mol. The molecule has 19 heavy (non-hydrogen) atoms.